The average Bonchev–Trinajstić information content (AvgIpc) is 2.94. The Balaban J connectivity index is 1.80. The van der Waals surface area contributed by atoms with Gasteiger partial charge < -0.3 is 5.11 Å². The van der Waals surface area contributed by atoms with Crippen molar-refractivity contribution in [3.05, 3.63) is 63.9 Å². The number of hydrogen-bond donors (Lipinski definition) is 1. The van der Waals surface area contributed by atoms with E-state index in [1.807, 2.05) is 37.3 Å². The second-order valence-corrected chi connectivity index (χ2v) is 6.96. The minimum absolute atomic E-state index is 0.0255. The number of hydrogen-bond acceptors (Lipinski definition) is 3. The Morgan fingerprint density at radius 3 is 2.70 bits per heavy atom. The lowest BCUT2D eigenvalue weighted by Crippen LogP contribution is -2.23. The van der Waals surface area contributed by atoms with Crippen molar-refractivity contribution in [2.45, 2.75) is 19.4 Å². The highest BCUT2D eigenvalue weighted by Crippen LogP contribution is 2.34. The fourth-order valence-electron chi connectivity index (χ4n) is 3.24. The number of halogens is 1. The van der Waals surface area contributed by atoms with Gasteiger partial charge >= 0.3 is 5.97 Å². The largest absolute Gasteiger partial charge is 0.481 e. The SMILES string of the molecule is Cc1ncccc1CN1C[C@@H](C(=O)O)[C@H](c2ccc(Br)cc2)C1. The molecule has 0 aliphatic carbocycles. The van der Waals surface area contributed by atoms with E-state index in [1.165, 1.54) is 0 Å². The van der Waals surface area contributed by atoms with E-state index in [-0.39, 0.29) is 11.8 Å². The Morgan fingerprint density at radius 2 is 2.04 bits per heavy atom. The van der Waals surface area contributed by atoms with Crippen molar-refractivity contribution in [2.75, 3.05) is 13.1 Å². The molecule has 5 heteroatoms. The van der Waals surface area contributed by atoms with Crippen molar-refractivity contribution in [1.29, 1.82) is 0 Å². The van der Waals surface area contributed by atoms with Gasteiger partial charge in [-0.1, -0.05) is 34.1 Å². The first-order valence-electron chi connectivity index (χ1n) is 7.65. The molecule has 1 aromatic carbocycles. The number of aromatic nitrogens is 1. The number of aliphatic carboxylic acids is 1. The quantitative estimate of drug-likeness (QED) is 0.890. The van der Waals surface area contributed by atoms with Crippen LogP contribution in [0.4, 0.5) is 0 Å². The summed E-state index contributed by atoms with van der Waals surface area (Å²) in [5, 5.41) is 9.59. The van der Waals surface area contributed by atoms with E-state index in [0.29, 0.717) is 6.54 Å². The monoisotopic (exact) mass is 374 g/mol. The summed E-state index contributed by atoms with van der Waals surface area (Å²) in [6.45, 7) is 4.07. The molecule has 0 unspecified atom stereocenters. The molecule has 2 atom stereocenters. The molecule has 0 bridgehead atoms. The summed E-state index contributed by atoms with van der Waals surface area (Å²) in [4.78, 5) is 18.2. The Bertz CT molecular complexity index is 702. The number of carboxylic acids is 1. The first-order chi connectivity index (χ1) is 11.0. The zero-order valence-electron chi connectivity index (χ0n) is 12.9. The van der Waals surface area contributed by atoms with Gasteiger partial charge in [-0.3, -0.25) is 14.7 Å². The van der Waals surface area contributed by atoms with Crippen molar-refractivity contribution in [3.8, 4) is 0 Å². The highest BCUT2D eigenvalue weighted by atomic mass is 79.9. The molecule has 1 aliphatic heterocycles. The molecule has 1 N–H and O–H groups in total. The number of benzene rings is 1. The summed E-state index contributed by atoms with van der Waals surface area (Å²) in [5.74, 6) is -1.06. The van der Waals surface area contributed by atoms with E-state index in [0.717, 1.165) is 34.4 Å². The topological polar surface area (TPSA) is 53.4 Å². The minimum Gasteiger partial charge on any atom is -0.481 e. The van der Waals surface area contributed by atoms with Gasteiger partial charge in [-0.15, -0.1) is 0 Å². The molecule has 0 spiro atoms. The molecule has 23 heavy (non-hydrogen) atoms. The molecule has 2 heterocycles. The number of aryl methyl sites for hydroxylation is 1. The van der Waals surface area contributed by atoms with Gasteiger partial charge in [0.1, 0.15) is 0 Å². The first kappa shape index (κ1) is 16.1. The number of pyridine rings is 1. The molecule has 4 nitrogen and oxygen atoms in total. The number of rotatable bonds is 4. The van der Waals surface area contributed by atoms with Crippen LogP contribution in [0.3, 0.4) is 0 Å². The Hall–Kier alpha value is -1.72. The van der Waals surface area contributed by atoms with Crippen LogP contribution in [0.5, 0.6) is 0 Å². The van der Waals surface area contributed by atoms with E-state index < -0.39 is 5.97 Å². The third-order valence-electron chi connectivity index (χ3n) is 4.52. The molecule has 2 aromatic rings. The number of carbonyl (C=O) groups is 1. The summed E-state index contributed by atoms with van der Waals surface area (Å²) < 4.78 is 1.01. The molecule has 1 saturated heterocycles. The van der Waals surface area contributed by atoms with E-state index in [4.69, 9.17) is 0 Å². The molecule has 0 saturated carbocycles. The lowest BCUT2D eigenvalue weighted by atomic mass is 9.89. The van der Waals surface area contributed by atoms with Crippen molar-refractivity contribution < 1.29 is 9.90 Å². The first-order valence-corrected chi connectivity index (χ1v) is 8.45. The number of likely N-dealkylation sites (tertiary alicyclic amines) is 1. The molecule has 1 fully saturated rings. The van der Waals surface area contributed by atoms with Crippen LogP contribution in [0.2, 0.25) is 0 Å². The zero-order chi connectivity index (χ0) is 16.4. The fourth-order valence-corrected chi connectivity index (χ4v) is 3.50. The van der Waals surface area contributed by atoms with Gasteiger partial charge in [0.15, 0.2) is 0 Å². The van der Waals surface area contributed by atoms with Gasteiger partial charge in [-0.05, 0) is 36.2 Å². The van der Waals surface area contributed by atoms with Gasteiger partial charge in [0.25, 0.3) is 0 Å². The van der Waals surface area contributed by atoms with Crippen LogP contribution in [-0.2, 0) is 11.3 Å². The lowest BCUT2D eigenvalue weighted by molar-refractivity contribution is -0.141. The summed E-state index contributed by atoms with van der Waals surface area (Å²) in [6.07, 6.45) is 1.79. The fraction of sp³-hybridized carbons (Fsp3) is 0.333. The van der Waals surface area contributed by atoms with Gasteiger partial charge in [0.2, 0.25) is 0 Å². The van der Waals surface area contributed by atoms with Gasteiger partial charge in [0, 0.05) is 41.9 Å². The lowest BCUT2D eigenvalue weighted by Gasteiger charge is -2.17. The minimum atomic E-state index is -0.719. The van der Waals surface area contributed by atoms with E-state index in [2.05, 4.69) is 31.9 Å². The molecule has 1 aromatic heterocycles. The summed E-state index contributed by atoms with van der Waals surface area (Å²) >= 11 is 3.43. The van der Waals surface area contributed by atoms with Crippen LogP contribution >= 0.6 is 15.9 Å². The van der Waals surface area contributed by atoms with Crippen LogP contribution in [0, 0.1) is 12.8 Å². The normalized spacial score (nSPS) is 21.5. The molecule has 120 valence electrons. The van der Waals surface area contributed by atoms with Gasteiger partial charge in [0.05, 0.1) is 5.92 Å². The van der Waals surface area contributed by atoms with Crippen LogP contribution < -0.4 is 0 Å². The second-order valence-electron chi connectivity index (χ2n) is 6.04. The molecule has 3 rings (SSSR count). The maximum Gasteiger partial charge on any atom is 0.308 e. The standard InChI is InChI=1S/C18H19BrN2O2/c1-12-14(3-2-8-20-12)9-21-10-16(17(11-21)18(22)23)13-4-6-15(19)7-5-13/h2-8,16-17H,9-11H2,1H3,(H,22,23)/t16-,17+/m0/s1. The highest BCUT2D eigenvalue weighted by Gasteiger charge is 2.38. The maximum absolute atomic E-state index is 11.7. The summed E-state index contributed by atoms with van der Waals surface area (Å²) in [5.41, 5.74) is 3.26. The number of nitrogens with zero attached hydrogens (tertiary/aromatic N) is 2. The summed E-state index contributed by atoms with van der Waals surface area (Å²) in [6, 6.07) is 12.0. The van der Waals surface area contributed by atoms with E-state index >= 15 is 0 Å². The zero-order valence-corrected chi connectivity index (χ0v) is 14.5. The molecule has 0 amide bonds. The van der Waals surface area contributed by atoms with Gasteiger partial charge in [-0.25, -0.2) is 0 Å². The molecule has 0 radical (unpaired) electrons. The molecular weight excluding hydrogens is 356 g/mol. The van der Waals surface area contributed by atoms with Gasteiger partial charge in [-0.2, -0.15) is 0 Å². The average molecular weight is 375 g/mol. The third kappa shape index (κ3) is 3.62. The smallest absolute Gasteiger partial charge is 0.308 e. The molecular formula is C18H19BrN2O2. The van der Waals surface area contributed by atoms with Crippen LogP contribution in [0.25, 0.3) is 0 Å². The highest BCUT2D eigenvalue weighted by molar-refractivity contribution is 9.10. The second kappa shape index (κ2) is 6.81. The molecule has 1 aliphatic rings. The van der Waals surface area contributed by atoms with Crippen molar-refractivity contribution in [2.24, 2.45) is 5.92 Å². The number of carboxylic acid groups (broad SMARTS) is 1. The van der Waals surface area contributed by atoms with Crippen molar-refractivity contribution in [1.82, 2.24) is 9.88 Å². The van der Waals surface area contributed by atoms with Crippen LogP contribution in [0.15, 0.2) is 47.1 Å². The van der Waals surface area contributed by atoms with Crippen molar-refractivity contribution in [3.63, 3.8) is 0 Å². The van der Waals surface area contributed by atoms with E-state index in [1.54, 1.807) is 6.20 Å². The Morgan fingerprint density at radius 1 is 1.30 bits per heavy atom. The summed E-state index contributed by atoms with van der Waals surface area (Å²) in [7, 11) is 0. The Kier molecular flexibility index (Phi) is 4.78. The Labute approximate surface area is 144 Å². The third-order valence-corrected chi connectivity index (χ3v) is 5.05. The maximum atomic E-state index is 11.7. The van der Waals surface area contributed by atoms with Crippen LogP contribution in [0.1, 0.15) is 22.7 Å². The predicted octanol–water partition coefficient (Wildman–Crippen LogP) is 3.45. The van der Waals surface area contributed by atoms with Crippen LogP contribution in [-0.4, -0.2) is 34.0 Å². The van der Waals surface area contributed by atoms with Crippen molar-refractivity contribution >= 4 is 21.9 Å². The van der Waals surface area contributed by atoms with E-state index in [9.17, 15) is 9.90 Å². The predicted molar refractivity (Wildman–Crippen MR) is 92.3 cm³/mol.